The average molecular weight is 293 g/mol. The molecule has 0 aliphatic carbocycles. The van der Waals surface area contributed by atoms with Gasteiger partial charge in [-0.2, -0.15) is 4.98 Å². The molecule has 0 amide bonds. The van der Waals surface area contributed by atoms with E-state index in [1.165, 1.54) is 0 Å². The van der Waals surface area contributed by atoms with Crippen LogP contribution in [0, 0.1) is 5.92 Å². The molecule has 0 bridgehead atoms. The highest BCUT2D eigenvalue weighted by Gasteiger charge is 2.34. The first-order chi connectivity index (χ1) is 10.0. The Labute approximate surface area is 125 Å². The molecule has 2 rings (SSSR count). The molecule has 6 nitrogen and oxygen atoms in total. The molecule has 1 aliphatic rings. The standard InChI is InChI=1S/C15H23N3O3/c1-4-11-6-8-18(12(9-11)14(19)20)15-16-7-5-13(17-15)21-10(2)3/h5,7,10-12H,4,6,8-9H2,1-3H3,(H,19,20). The summed E-state index contributed by atoms with van der Waals surface area (Å²) in [4.78, 5) is 21.9. The largest absolute Gasteiger partial charge is 0.480 e. The molecule has 1 fully saturated rings. The second-order valence-corrected chi connectivity index (χ2v) is 5.71. The van der Waals surface area contributed by atoms with Crippen molar-refractivity contribution in [3.8, 4) is 5.88 Å². The summed E-state index contributed by atoms with van der Waals surface area (Å²) in [6.45, 7) is 6.62. The Morgan fingerprint density at radius 2 is 2.33 bits per heavy atom. The number of rotatable bonds is 5. The van der Waals surface area contributed by atoms with E-state index in [1.807, 2.05) is 13.8 Å². The molecular weight excluding hydrogens is 270 g/mol. The highest BCUT2D eigenvalue weighted by molar-refractivity contribution is 5.77. The van der Waals surface area contributed by atoms with Gasteiger partial charge in [-0.1, -0.05) is 13.3 Å². The third kappa shape index (κ3) is 3.83. The second-order valence-electron chi connectivity index (χ2n) is 5.71. The van der Waals surface area contributed by atoms with Gasteiger partial charge in [0.2, 0.25) is 11.8 Å². The van der Waals surface area contributed by atoms with E-state index >= 15 is 0 Å². The Kier molecular flexibility index (Phi) is 4.98. The first kappa shape index (κ1) is 15.5. The molecule has 2 unspecified atom stereocenters. The molecule has 1 aromatic heterocycles. The van der Waals surface area contributed by atoms with Crippen LogP contribution in [0.25, 0.3) is 0 Å². The zero-order valence-corrected chi connectivity index (χ0v) is 12.8. The summed E-state index contributed by atoms with van der Waals surface area (Å²) < 4.78 is 5.56. The van der Waals surface area contributed by atoms with Crippen molar-refractivity contribution < 1.29 is 14.6 Å². The van der Waals surface area contributed by atoms with E-state index in [2.05, 4.69) is 16.9 Å². The molecule has 116 valence electrons. The minimum Gasteiger partial charge on any atom is -0.480 e. The van der Waals surface area contributed by atoms with Crippen molar-refractivity contribution in [2.75, 3.05) is 11.4 Å². The molecular formula is C15H23N3O3. The van der Waals surface area contributed by atoms with Crippen LogP contribution in [-0.4, -0.2) is 39.7 Å². The second kappa shape index (κ2) is 6.74. The van der Waals surface area contributed by atoms with Crippen LogP contribution in [0.2, 0.25) is 0 Å². The van der Waals surface area contributed by atoms with Gasteiger partial charge in [-0.25, -0.2) is 9.78 Å². The normalized spacial score (nSPS) is 22.4. The van der Waals surface area contributed by atoms with Gasteiger partial charge in [-0.3, -0.25) is 0 Å². The number of hydrogen-bond acceptors (Lipinski definition) is 5. The summed E-state index contributed by atoms with van der Waals surface area (Å²) in [6.07, 6.45) is 4.26. The van der Waals surface area contributed by atoms with E-state index in [9.17, 15) is 9.90 Å². The zero-order chi connectivity index (χ0) is 15.4. The summed E-state index contributed by atoms with van der Waals surface area (Å²) in [5.74, 6) is 0.566. The first-order valence-electron chi connectivity index (χ1n) is 7.50. The van der Waals surface area contributed by atoms with Crippen molar-refractivity contribution in [3.05, 3.63) is 12.3 Å². The van der Waals surface area contributed by atoms with Gasteiger partial charge in [-0.15, -0.1) is 0 Å². The summed E-state index contributed by atoms with van der Waals surface area (Å²) in [7, 11) is 0. The molecule has 0 radical (unpaired) electrons. The van der Waals surface area contributed by atoms with Gasteiger partial charge in [0.15, 0.2) is 0 Å². The third-order valence-corrected chi connectivity index (χ3v) is 3.80. The maximum Gasteiger partial charge on any atom is 0.326 e. The predicted octanol–water partition coefficient (Wildman–Crippen LogP) is 2.34. The number of carbonyl (C=O) groups is 1. The smallest absolute Gasteiger partial charge is 0.326 e. The van der Waals surface area contributed by atoms with Crippen LogP contribution >= 0.6 is 0 Å². The summed E-state index contributed by atoms with van der Waals surface area (Å²) in [5.41, 5.74) is 0. The van der Waals surface area contributed by atoms with E-state index in [0.717, 1.165) is 12.8 Å². The molecule has 2 atom stereocenters. The number of carboxylic acids is 1. The van der Waals surface area contributed by atoms with Crippen LogP contribution in [0.5, 0.6) is 5.88 Å². The summed E-state index contributed by atoms with van der Waals surface area (Å²) >= 11 is 0. The molecule has 1 saturated heterocycles. The van der Waals surface area contributed by atoms with E-state index in [4.69, 9.17) is 4.74 Å². The Balaban J connectivity index is 2.20. The monoisotopic (exact) mass is 293 g/mol. The fraction of sp³-hybridized carbons (Fsp3) is 0.667. The van der Waals surface area contributed by atoms with Crippen molar-refractivity contribution in [1.82, 2.24) is 9.97 Å². The van der Waals surface area contributed by atoms with Crippen LogP contribution in [0.3, 0.4) is 0 Å². The van der Waals surface area contributed by atoms with Gasteiger partial charge < -0.3 is 14.7 Å². The van der Waals surface area contributed by atoms with Crippen LogP contribution in [0.15, 0.2) is 12.3 Å². The number of hydrogen-bond donors (Lipinski definition) is 1. The van der Waals surface area contributed by atoms with Crippen molar-refractivity contribution in [2.45, 2.75) is 52.2 Å². The van der Waals surface area contributed by atoms with Crippen LogP contribution in [0.1, 0.15) is 40.0 Å². The Morgan fingerprint density at radius 1 is 1.57 bits per heavy atom. The number of piperidine rings is 1. The molecule has 0 saturated carbocycles. The number of nitrogens with zero attached hydrogens (tertiary/aromatic N) is 3. The van der Waals surface area contributed by atoms with E-state index in [-0.39, 0.29) is 6.10 Å². The van der Waals surface area contributed by atoms with Gasteiger partial charge in [0, 0.05) is 18.8 Å². The topological polar surface area (TPSA) is 75.5 Å². The fourth-order valence-electron chi connectivity index (χ4n) is 2.66. The number of ether oxygens (including phenoxy) is 1. The molecule has 0 spiro atoms. The summed E-state index contributed by atoms with van der Waals surface area (Å²) in [5, 5.41) is 9.47. The third-order valence-electron chi connectivity index (χ3n) is 3.80. The summed E-state index contributed by atoms with van der Waals surface area (Å²) in [6, 6.07) is 1.14. The van der Waals surface area contributed by atoms with Crippen LogP contribution < -0.4 is 9.64 Å². The van der Waals surface area contributed by atoms with Gasteiger partial charge in [0.05, 0.1) is 6.10 Å². The molecule has 2 heterocycles. The van der Waals surface area contributed by atoms with Gasteiger partial charge in [0.1, 0.15) is 6.04 Å². The van der Waals surface area contributed by atoms with Crippen LogP contribution in [-0.2, 0) is 4.79 Å². The molecule has 1 aromatic rings. The van der Waals surface area contributed by atoms with Gasteiger partial charge in [-0.05, 0) is 32.6 Å². The molecule has 21 heavy (non-hydrogen) atoms. The minimum atomic E-state index is -0.813. The first-order valence-corrected chi connectivity index (χ1v) is 7.50. The molecule has 1 aliphatic heterocycles. The lowest BCUT2D eigenvalue weighted by Gasteiger charge is -2.36. The van der Waals surface area contributed by atoms with E-state index in [1.54, 1.807) is 17.2 Å². The lowest BCUT2D eigenvalue weighted by atomic mass is 9.89. The van der Waals surface area contributed by atoms with Crippen LogP contribution in [0.4, 0.5) is 5.95 Å². The maximum absolute atomic E-state index is 11.5. The maximum atomic E-state index is 11.5. The van der Waals surface area contributed by atoms with E-state index in [0.29, 0.717) is 30.7 Å². The Morgan fingerprint density at radius 3 is 2.95 bits per heavy atom. The highest BCUT2D eigenvalue weighted by atomic mass is 16.5. The lowest BCUT2D eigenvalue weighted by Crippen LogP contribution is -2.48. The van der Waals surface area contributed by atoms with Crippen molar-refractivity contribution in [2.24, 2.45) is 5.92 Å². The number of anilines is 1. The predicted molar refractivity (Wildman–Crippen MR) is 79.6 cm³/mol. The molecule has 0 aromatic carbocycles. The molecule has 1 N–H and O–H groups in total. The van der Waals surface area contributed by atoms with Crippen molar-refractivity contribution in [1.29, 1.82) is 0 Å². The quantitative estimate of drug-likeness (QED) is 0.898. The molecule has 6 heteroatoms. The zero-order valence-electron chi connectivity index (χ0n) is 12.8. The minimum absolute atomic E-state index is 0.0221. The van der Waals surface area contributed by atoms with Crippen molar-refractivity contribution >= 4 is 11.9 Å². The van der Waals surface area contributed by atoms with E-state index < -0.39 is 12.0 Å². The Hall–Kier alpha value is -1.85. The van der Waals surface area contributed by atoms with Gasteiger partial charge >= 0.3 is 5.97 Å². The number of aliphatic carboxylic acids is 1. The number of carboxylic acid groups (broad SMARTS) is 1. The van der Waals surface area contributed by atoms with Gasteiger partial charge in [0.25, 0.3) is 0 Å². The average Bonchev–Trinajstić information content (AvgIpc) is 2.46. The van der Waals surface area contributed by atoms with Crippen molar-refractivity contribution in [3.63, 3.8) is 0 Å². The Bertz CT molecular complexity index is 493. The highest BCUT2D eigenvalue weighted by Crippen LogP contribution is 2.28. The number of aromatic nitrogens is 2. The fourth-order valence-corrected chi connectivity index (χ4v) is 2.66. The SMILES string of the molecule is CCC1CCN(c2nccc(OC(C)C)n2)C(C(=O)O)C1. The lowest BCUT2D eigenvalue weighted by molar-refractivity contribution is -0.139.